The van der Waals surface area contributed by atoms with Crippen molar-refractivity contribution < 1.29 is 0 Å². The van der Waals surface area contributed by atoms with E-state index in [4.69, 9.17) is 0 Å². The number of aliphatic imine (C=N–C) groups is 1. The molecule has 5 nitrogen and oxygen atoms in total. The van der Waals surface area contributed by atoms with Crippen LogP contribution in [0.2, 0.25) is 0 Å². The maximum absolute atomic E-state index is 4.50. The van der Waals surface area contributed by atoms with Crippen LogP contribution in [0.3, 0.4) is 0 Å². The van der Waals surface area contributed by atoms with Crippen molar-refractivity contribution in [1.82, 2.24) is 20.4 Å². The second-order valence-electron chi connectivity index (χ2n) is 6.54. The molecule has 1 aromatic rings. The highest BCUT2D eigenvalue weighted by atomic mass is 15.3. The van der Waals surface area contributed by atoms with Gasteiger partial charge >= 0.3 is 0 Å². The third-order valence-electron chi connectivity index (χ3n) is 2.92. The Hall–Kier alpha value is -1.52. The lowest BCUT2D eigenvalue weighted by atomic mass is 10.1. The summed E-state index contributed by atoms with van der Waals surface area (Å²) in [6, 6.07) is 2.11. The topological polar surface area (TPSA) is 54.2 Å². The summed E-state index contributed by atoms with van der Waals surface area (Å²) in [5, 5.41) is 11.2. The van der Waals surface area contributed by atoms with Crippen molar-refractivity contribution in [1.29, 1.82) is 0 Å². The van der Waals surface area contributed by atoms with E-state index in [2.05, 4.69) is 66.1 Å². The zero-order valence-corrected chi connectivity index (χ0v) is 13.9. The third kappa shape index (κ3) is 5.63. The number of aromatic nitrogens is 2. The van der Waals surface area contributed by atoms with Crippen LogP contribution in [0.4, 0.5) is 0 Å². The molecule has 0 aromatic carbocycles. The highest BCUT2D eigenvalue weighted by Crippen LogP contribution is 2.06. The molecule has 0 saturated heterocycles. The highest BCUT2D eigenvalue weighted by Gasteiger charge is 2.13. The molecule has 1 rings (SSSR count). The van der Waals surface area contributed by atoms with E-state index >= 15 is 0 Å². The summed E-state index contributed by atoms with van der Waals surface area (Å²) in [5.74, 6) is 1.32. The molecule has 0 radical (unpaired) electrons. The van der Waals surface area contributed by atoms with Gasteiger partial charge in [-0.1, -0.05) is 6.92 Å². The molecule has 0 amide bonds. The summed E-state index contributed by atoms with van der Waals surface area (Å²) in [4.78, 5) is 4.25. The molecule has 5 heteroatoms. The van der Waals surface area contributed by atoms with Crippen molar-refractivity contribution >= 4 is 5.96 Å². The quantitative estimate of drug-likeness (QED) is 0.655. The summed E-state index contributed by atoms with van der Waals surface area (Å²) >= 11 is 0. The van der Waals surface area contributed by atoms with Gasteiger partial charge in [-0.2, -0.15) is 5.10 Å². The van der Waals surface area contributed by atoms with Crippen molar-refractivity contribution in [2.45, 2.75) is 53.6 Å². The number of nitrogens with zero attached hydrogens (tertiary/aromatic N) is 3. The lowest BCUT2D eigenvalue weighted by Crippen LogP contribution is -2.48. The molecule has 2 N–H and O–H groups in total. The van der Waals surface area contributed by atoms with E-state index in [1.54, 1.807) is 7.05 Å². The van der Waals surface area contributed by atoms with Gasteiger partial charge in [0, 0.05) is 31.4 Å². The van der Waals surface area contributed by atoms with E-state index in [1.165, 1.54) is 5.69 Å². The number of rotatable bonds is 4. The molecular weight excluding hydrogens is 250 g/mol. The minimum atomic E-state index is 0.0146. The molecule has 1 aromatic heterocycles. The van der Waals surface area contributed by atoms with Gasteiger partial charge in [0.15, 0.2) is 5.96 Å². The van der Waals surface area contributed by atoms with E-state index in [0.717, 1.165) is 24.7 Å². The van der Waals surface area contributed by atoms with Gasteiger partial charge < -0.3 is 10.6 Å². The van der Waals surface area contributed by atoms with Crippen molar-refractivity contribution in [3.05, 3.63) is 17.5 Å². The first-order valence-electron chi connectivity index (χ1n) is 7.21. The first-order chi connectivity index (χ1) is 9.21. The predicted octanol–water partition coefficient (Wildman–Crippen LogP) is 2.10. The molecule has 1 heterocycles. The van der Waals surface area contributed by atoms with Crippen LogP contribution in [-0.4, -0.2) is 34.9 Å². The van der Waals surface area contributed by atoms with Gasteiger partial charge in [0.05, 0.1) is 5.69 Å². The number of hydrogen-bond donors (Lipinski definition) is 2. The Kier molecular flexibility index (Phi) is 5.60. The van der Waals surface area contributed by atoms with Gasteiger partial charge in [-0.15, -0.1) is 0 Å². The van der Waals surface area contributed by atoms with Crippen molar-refractivity contribution in [2.24, 2.45) is 10.9 Å². The van der Waals surface area contributed by atoms with Gasteiger partial charge in [-0.25, -0.2) is 0 Å². The number of guanidine groups is 1. The fourth-order valence-corrected chi connectivity index (χ4v) is 2.02. The molecule has 1 atom stereocenters. The minimum absolute atomic E-state index is 0.0146. The first kappa shape index (κ1) is 16.5. The lowest BCUT2D eigenvalue weighted by molar-refractivity contribution is 0.430. The van der Waals surface area contributed by atoms with Crippen LogP contribution in [-0.2, 0) is 6.54 Å². The van der Waals surface area contributed by atoms with Gasteiger partial charge in [0.1, 0.15) is 0 Å². The molecule has 0 aliphatic heterocycles. The SMILES string of the molecule is CN=C(NCC(C)Cn1nc(C)cc1C)NC(C)(C)C. The summed E-state index contributed by atoms with van der Waals surface area (Å²) in [7, 11) is 1.80. The zero-order valence-electron chi connectivity index (χ0n) is 13.9. The summed E-state index contributed by atoms with van der Waals surface area (Å²) < 4.78 is 2.07. The van der Waals surface area contributed by atoms with Crippen LogP contribution in [0, 0.1) is 19.8 Å². The monoisotopic (exact) mass is 279 g/mol. The zero-order chi connectivity index (χ0) is 15.3. The van der Waals surface area contributed by atoms with Crippen LogP contribution in [0.1, 0.15) is 39.1 Å². The lowest BCUT2D eigenvalue weighted by Gasteiger charge is -2.24. The average molecular weight is 279 g/mol. The van der Waals surface area contributed by atoms with E-state index < -0.39 is 0 Å². The number of hydrogen-bond acceptors (Lipinski definition) is 2. The van der Waals surface area contributed by atoms with E-state index in [0.29, 0.717) is 5.92 Å². The fourth-order valence-electron chi connectivity index (χ4n) is 2.02. The van der Waals surface area contributed by atoms with Crippen molar-refractivity contribution in [3.8, 4) is 0 Å². The van der Waals surface area contributed by atoms with Crippen LogP contribution >= 0.6 is 0 Å². The van der Waals surface area contributed by atoms with Crippen LogP contribution in [0.25, 0.3) is 0 Å². The Morgan fingerprint density at radius 2 is 2.05 bits per heavy atom. The molecule has 0 spiro atoms. The molecular formula is C15H29N5. The van der Waals surface area contributed by atoms with Gasteiger partial charge in [-0.05, 0) is 46.6 Å². The summed E-state index contributed by atoms with van der Waals surface area (Å²) in [5.41, 5.74) is 2.31. The Balaban J connectivity index is 2.46. The van der Waals surface area contributed by atoms with Crippen LogP contribution in [0.15, 0.2) is 11.1 Å². The fraction of sp³-hybridized carbons (Fsp3) is 0.733. The maximum Gasteiger partial charge on any atom is 0.191 e. The summed E-state index contributed by atoms with van der Waals surface area (Å²) in [6.07, 6.45) is 0. The normalized spacial score (nSPS) is 14.2. The van der Waals surface area contributed by atoms with E-state index in [9.17, 15) is 0 Å². The minimum Gasteiger partial charge on any atom is -0.356 e. The molecule has 0 saturated carbocycles. The van der Waals surface area contributed by atoms with Crippen LogP contribution < -0.4 is 10.6 Å². The summed E-state index contributed by atoms with van der Waals surface area (Å²) in [6.45, 7) is 14.5. The van der Waals surface area contributed by atoms with Gasteiger partial charge in [0.25, 0.3) is 0 Å². The first-order valence-corrected chi connectivity index (χ1v) is 7.21. The number of aryl methyl sites for hydroxylation is 2. The van der Waals surface area contributed by atoms with E-state index in [-0.39, 0.29) is 5.54 Å². The molecule has 0 aliphatic rings. The largest absolute Gasteiger partial charge is 0.356 e. The second-order valence-corrected chi connectivity index (χ2v) is 6.54. The Labute approximate surface area is 122 Å². The molecule has 1 unspecified atom stereocenters. The smallest absolute Gasteiger partial charge is 0.191 e. The second kappa shape index (κ2) is 6.77. The molecule has 114 valence electrons. The molecule has 20 heavy (non-hydrogen) atoms. The maximum atomic E-state index is 4.50. The average Bonchev–Trinajstić information content (AvgIpc) is 2.61. The molecule has 0 bridgehead atoms. The number of nitrogens with one attached hydrogen (secondary N) is 2. The van der Waals surface area contributed by atoms with E-state index in [1.807, 2.05) is 6.92 Å². The van der Waals surface area contributed by atoms with Crippen LogP contribution in [0.5, 0.6) is 0 Å². The van der Waals surface area contributed by atoms with Crippen molar-refractivity contribution in [3.63, 3.8) is 0 Å². The molecule has 0 fully saturated rings. The van der Waals surface area contributed by atoms with Gasteiger partial charge in [-0.3, -0.25) is 9.67 Å². The standard InChI is InChI=1S/C15H29N5/c1-11(10-20-13(3)8-12(2)19-20)9-17-14(16-7)18-15(4,5)6/h8,11H,9-10H2,1-7H3,(H2,16,17,18). The third-order valence-corrected chi connectivity index (χ3v) is 2.92. The Morgan fingerprint density at radius 3 is 2.50 bits per heavy atom. The molecule has 0 aliphatic carbocycles. The van der Waals surface area contributed by atoms with Gasteiger partial charge in [0.2, 0.25) is 0 Å². The highest BCUT2D eigenvalue weighted by molar-refractivity contribution is 5.80. The predicted molar refractivity (Wildman–Crippen MR) is 85.1 cm³/mol. The Morgan fingerprint density at radius 1 is 1.40 bits per heavy atom. The van der Waals surface area contributed by atoms with Crippen molar-refractivity contribution in [2.75, 3.05) is 13.6 Å². The Bertz CT molecular complexity index is 453.